The molecule has 0 aliphatic heterocycles. The SMILES string of the molecule is CCCCc1nc(-c2ccccc2C(=O)O)cn1Cc1ccc(-c2ccccc2-c2nn[nH]n2)cc1. The summed E-state index contributed by atoms with van der Waals surface area (Å²) in [7, 11) is 0. The van der Waals surface area contributed by atoms with Crippen molar-refractivity contribution in [1.29, 1.82) is 0 Å². The van der Waals surface area contributed by atoms with Crippen LogP contribution in [0.5, 0.6) is 0 Å². The van der Waals surface area contributed by atoms with E-state index < -0.39 is 5.97 Å². The zero-order valence-corrected chi connectivity index (χ0v) is 19.9. The van der Waals surface area contributed by atoms with Crippen LogP contribution in [0.25, 0.3) is 33.8 Å². The van der Waals surface area contributed by atoms with Crippen LogP contribution in [0, 0.1) is 0 Å². The fourth-order valence-electron chi connectivity index (χ4n) is 4.34. The molecule has 0 spiro atoms. The topological polar surface area (TPSA) is 110 Å². The molecule has 2 aromatic heterocycles. The first-order chi connectivity index (χ1) is 17.6. The number of carboxylic acid groups (broad SMARTS) is 1. The third kappa shape index (κ3) is 4.79. The fourth-order valence-corrected chi connectivity index (χ4v) is 4.34. The molecule has 2 heterocycles. The van der Waals surface area contributed by atoms with Gasteiger partial charge in [-0.3, -0.25) is 0 Å². The Balaban J connectivity index is 1.45. The lowest BCUT2D eigenvalue weighted by Crippen LogP contribution is -2.04. The van der Waals surface area contributed by atoms with Gasteiger partial charge in [0, 0.05) is 30.3 Å². The van der Waals surface area contributed by atoms with Crippen molar-refractivity contribution in [3.8, 4) is 33.8 Å². The molecule has 0 radical (unpaired) electrons. The molecule has 0 amide bonds. The van der Waals surface area contributed by atoms with Gasteiger partial charge in [-0.1, -0.05) is 80.1 Å². The molecule has 0 aliphatic rings. The number of rotatable bonds is 9. The van der Waals surface area contributed by atoms with Crippen molar-refractivity contribution in [2.24, 2.45) is 0 Å². The maximum Gasteiger partial charge on any atom is 0.336 e. The van der Waals surface area contributed by atoms with Gasteiger partial charge in [0.05, 0.1) is 11.3 Å². The average Bonchev–Trinajstić information content (AvgIpc) is 3.58. The minimum Gasteiger partial charge on any atom is -0.478 e. The van der Waals surface area contributed by atoms with Gasteiger partial charge in [0.1, 0.15) is 5.82 Å². The van der Waals surface area contributed by atoms with E-state index in [4.69, 9.17) is 4.98 Å². The second kappa shape index (κ2) is 10.4. The van der Waals surface area contributed by atoms with Crippen LogP contribution in [0.2, 0.25) is 0 Å². The maximum atomic E-state index is 11.8. The largest absolute Gasteiger partial charge is 0.478 e. The number of aromatic amines is 1. The molecule has 0 saturated heterocycles. The minimum absolute atomic E-state index is 0.258. The van der Waals surface area contributed by atoms with Crippen LogP contribution in [0.15, 0.2) is 79.0 Å². The number of H-pyrrole nitrogens is 1. The van der Waals surface area contributed by atoms with E-state index in [1.165, 1.54) is 0 Å². The first-order valence-electron chi connectivity index (χ1n) is 11.9. The first-order valence-corrected chi connectivity index (χ1v) is 11.9. The number of unbranched alkanes of at least 4 members (excludes halogenated alkanes) is 1. The molecule has 0 saturated carbocycles. The quantitative estimate of drug-likeness (QED) is 0.290. The average molecular weight is 479 g/mol. The Morgan fingerprint density at radius 1 is 0.944 bits per heavy atom. The number of imidazole rings is 1. The van der Waals surface area contributed by atoms with Gasteiger partial charge in [-0.05, 0) is 34.4 Å². The summed E-state index contributed by atoms with van der Waals surface area (Å²) >= 11 is 0. The van der Waals surface area contributed by atoms with E-state index >= 15 is 0 Å². The Bertz CT molecular complexity index is 1470. The summed E-state index contributed by atoms with van der Waals surface area (Å²) in [5.74, 6) is 0.563. The van der Waals surface area contributed by atoms with Crippen LogP contribution >= 0.6 is 0 Å². The van der Waals surface area contributed by atoms with E-state index in [1.807, 2.05) is 42.6 Å². The lowest BCUT2D eigenvalue weighted by atomic mass is 9.98. The molecule has 0 bridgehead atoms. The molecule has 36 heavy (non-hydrogen) atoms. The molecule has 0 unspecified atom stereocenters. The third-order valence-electron chi connectivity index (χ3n) is 6.18. The number of nitrogens with one attached hydrogen (secondary N) is 1. The van der Waals surface area contributed by atoms with Crippen LogP contribution in [-0.4, -0.2) is 41.3 Å². The van der Waals surface area contributed by atoms with Gasteiger partial charge in [0.15, 0.2) is 0 Å². The predicted molar refractivity (Wildman–Crippen MR) is 137 cm³/mol. The highest BCUT2D eigenvalue weighted by atomic mass is 16.4. The fraction of sp³-hybridized carbons (Fsp3) is 0.179. The van der Waals surface area contributed by atoms with E-state index in [9.17, 15) is 9.90 Å². The second-order valence-corrected chi connectivity index (χ2v) is 8.60. The molecule has 0 aliphatic carbocycles. The van der Waals surface area contributed by atoms with Crippen LogP contribution in [0.4, 0.5) is 0 Å². The smallest absolute Gasteiger partial charge is 0.336 e. The zero-order chi connectivity index (χ0) is 24.9. The van der Waals surface area contributed by atoms with Crippen molar-refractivity contribution in [2.45, 2.75) is 32.7 Å². The summed E-state index contributed by atoms with van der Waals surface area (Å²) in [6, 6.07) is 23.4. The van der Waals surface area contributed by atoms with Gasteiger partial charge < -0.3 is 9.67 Å². The van der Waals surface area contributed by atoms with E-state index in [0.29, 0.717) is 23.6 Å². The Kier molecular flexibility index (Phi) is 6.66. The van der Waals surface area contributed by atoms with Gasteiger partial charge in [-0.25, -0.2) is 9.78 Å². The molecular formula is C28H26N6O2. The number of hydrogen-bond donors (Lipinski definition) is 2. The minimum atomic E-state index is -0.952. The number of benzene rings is 3. The molecule has 2 N–H and O–H groups in total. The van der Waals surface area contributed by atoms with Crippen LogP contribution < -0.4 is 0 Å². The highest BCUT2D eigenvalue weighted by molar-refractivity contribution is 5.95. The molecule has 8 nitrogen and oxygen atoms in total. The van der Waals surface area contributed by atoms with Gasteiger partial charge in [0.2, 0.25) is 5.82 Å². The van der Waals surface area contributed by atoms with E-state index in [2.05, 4.69) is 56.4 Å². The van der Waals surface area contributed by atoms with Crippen molar-refractivity contribution >= 4 is 5.97 Å². The van der Waals surface area contributed by atoms with Crippen molar-refractivity contribution in [2.75, 3.05) is 0 Å². The lowest BCUT2D eigenvalue weighted by molar-refractivity contribution is 0.0697. The van der Waals surface area contributed by atoms with E-state index in [1.54, 1.807) is 12.1 Å². The second-order valence-electron chi connectivity index (χ2n) is 8.60. The van der Waals surface area contributed by atoms with Crippen LogP contribution in [-0.2, 0) is 13.0 Å². The zero-order valence-electron chi connectivity index (χ0n) is 19.9. The van der Waals surface area contributed by atoms with Crippen molar-refractivity contribution < 1.29 is 9.90 Å². The summed E-state index contributed by atoms with van der Waals surface area (Å²) in [5, 5.41) is 24.1. The molecule has 0 fully saturated rings. The monoisotopic (exact) mass is 478 g/mol. The summed E-state index contributed by atoms with van der Waals surface area (Å²) in [6.07, 6.45) is 4.87. The summed E-state index contributed by atoms with van der Waals surface area (Å²) in [4.78, 5) is 16.6. The van der Waals surface area contributed by atoms with Gasteiger partial charge >= 0.3 is 5.97 Å². The third-order valence-corrected chi connectivity index (χ3v) is 6.18. The molecule has 5 aromatic rings. The van der Waals surface area contributed by atoms with Crippen LogP contribution in [0.3, 0.4) is 0 Å². The van der Waals surface area contributed by atoms with Gasteiger partial charge in [-0.2, -0.15) is 5.21 Å². The molecule has 8 heteroatoms. The number of tetrazole rings is 1. The molecular weight excluding hydrogens is 452 g/mol. The number of nitrogens with zero attached hydrogens (tertiary/aromatic N) is 5. The number of aromatic carboxylic acids is 1. The lowest BCUT2D eigenvalue weighted by Gasteiger charge is -2.10. The number of carboxylic acids is 1. The van der Waals surface area contributed by atoms with Crippen molar-refractivity contribution in [3.63, 3.8) is 0 Å². The Morgan fingerprint density at radius 2 is 1.67 bits per heavy atom. The Labute approximate surface area is 208 Å². The molecule has 3 aromatic carbocycles. The number of aryl methyl sites for hydroxylation is 1. The number of hydrogen-bond acceptors (Lipinski definition) is 5. The summed E-state index contributed by atoms with van der Waals surface area (Å²) in [6.45, 7) is 2.80. The summed E-state index contributed by atoms with van der Waals surface area (Å²) in [5.41, 5.74) is 5.71. The number of aromatic nitrogens is 6. The number of carbonyl (C=O) groups is 1. The maximum absolute atomic E-state index is 11.8. The van der Waals surface area contributed by atoms with Gasteiger partial charge in [0.25, 0.3) is 0 Å². The Hall–Kier alpha value is -4.59. The van der Waals surface area contributed by atoms with Crippen molar-refractivity contribution in [3.05, 3.63) is 95.9 Å². The van der Waals surface area contributed by atoms with E-state index in [-0.39, 0.29) is 5.56 Å². The highest BCUT2D eigenvalue weighted by Crippen LogP contribution is 2.30. The molecule has 5 rings (SSSR count). The molecule has 0 atom stereocenters. The van der Waals surface area contributed by atoms with E-state index in [0.717, 1.165) is 47.3 Å². The standard InChI is InChI=1S/C28H26N6O2/c1-2-3-12-26-29-25(22-9-5-7-11-24(22)28(35)36)18-34(26)17-19-13-15-20(16-14-19)21-8-4-6-10-23(21)27-30-32-33-31-27/h4-11,13-16,18H,2-3,12,17H2,1H3,(H,35,36)(H,30,31,32,33). The first kappa shape index (κ1) is 23.2. The van der Waals surface area contributed by atoms with Gasteiger partial charge in [-0.15, -0.1) is 10.2 Å². The predicted octanol–water partition coefficient (Wildman–Crippen LogP) is 5.49. The molecule has 180 valence electrons. The normalized spacial score (nSPS) is 11.0. The van der Waals surface area contributed by atoms with Crippen molar-refractivity contribution in [1.82, 2.24) is 30.2 Å². The summed E-state index contributed by atoms with van der Waals surface area (Å²) < 4.78 is 2.13. The highest BCUT2D eigenvalue weighted by Gasteiger charge is 2.16. The Morgan fingerprint density at radius 3 is 2.36 bits per heavy atom. The van der Waals surface area contributed by atoms with Crippen LogP contribution in [0.1, 0.15) is 41.5 Å².